The third-order valence-corrected chi connectivity index (χ3v) is 7.69. The van der Waals surface area contributed by atoms with Gasteiger partial charge in [0.2, 0.25) is 15.9 Å². The molecule has 206 valence electrons. The zero-order valence-electron chi connectivity index (χ0n) is 23.1. The SMILES string of the molecule is CCCCCCCCCCCCCCNS(=O)(=O)c1ccc(OC)c(NC(=O)CC(=O)C(C)(C)C)c1. The number of carbonyl (C=O) groups is 2. The Morgan fingerprint density at radius 1 is 0.861 bits per heavy atom. The molecule has 7 nitrogen and oxygen atoms in total. The number of sulfonamides is 1. The van der Waals surface area contributed by atoms with Crippen molar-refractivity contribution in [3.63, 3.8) is 0 Å². The molecule has 0 aliphatic rings. The van der Waals surface area contributed by atoms with Crippen LogP contribution >= 0.6 is 0 Å². The van der Waals surface area contributed by atoms with Crippen molar-refractivity contribution in [2.24, 2.45) is 5.41 Å². The number of rotatable bonds is 19. The van der Waals surface area contributed by atoms with Crippen LogP contribution in [0.5, 0.6) is 5.75 Å². The van der Waals surface area contributed by atoms with Crippen molar-refractivity contribution in [1.29, 1.82) is 0 Å². The van der Waals surface area contributed by atoms with Gasteiger partial charge in [0.25, 0.3) is 0 Å². The highest BCUT2D eigenvalue weighted by Gasteiger charge is 2.24. The van der Waals surface area contributed by atoms with Gasteiger partial charge in [0.1, 0.15) is 11.5 Å². The van der Waals surface area contributed by atoms with Crippen molar-refractivity contribution < 1.29 is 22.7 Å². The molecule has 36 heavy (non-hydrogen) atoms. The Hall–Kier alpha value is -1.93. The van der Waals surface area contributed by atoms with Gasteiger partial charge in [-0.2, -0.15) is 0 Å². The van der Waals surface area contributed by atoms with Gasteiger partial charge in [-0.05, 0) is 24.6 Å². The topological polar surface area (TPSA) is 102 Å². The quantitative estimate of drug-likeness (QED) is 0.156. The van der Waals surface area contributed by atoms with Gasteiger partial charge in [0, 0.05) is 12.0 Å². The number of nitrogens with one attached hydrogen (secondary N) is 2. The zero-order chi connectivity index (χ0) is 27.0. The van der Waals surface area contributed by atoms with E-state index in [1.807, 2.05) is 0 Å². The maximum Gasteiger partial charge on any atom is 0.240 e. The number of ketones is 1. The molecule has 0 aliphatic heterocycles. The molecule has 0 saturated carbocycles. The van der Waals surface area contributed by atoms with Crippen LogP contribution in [0, 0.1) is 5.41 Å². The molecule has 0 radical (unpaired) electrons. The first-order valence-corrected chi connectivity index (χ1v) is 15.0. The molecule has 8 heteroatoms. The number of amides is 1. The average Bonchev–Trinajstić information content (AvgIpc) is 2.81. The van der Waals surface area contributed by atoms with Crippen molar-refractivity contribution in [2.45, 2.75) is 116 Å². The Bertz CT molecular complexity index is 907. The van der Waals surface area contributed by atoms with Crippen LogP contribution in [0.3, 0.4) is 0 Å². The molecule has 0 saturated heterocycles. The summed E-state index contributed by atoms with van der Waals surface area (Å²) in [6.07, 6.45) is 14.3. The summed E-state index contributed by atoms with van der Waals surface area (Å²) in [4.78, 5) is 24.5. The Kier molecular flexibility index (Phi) is 14.9. The monoisotopic (exact) mass is 524 g/mol. The second-order valence-corrected chi connectivity index (χ2v) is 12.3. The summed E-state index contributed by atoms with van der Waals surface area (Å²) in [5.41, 5.74) is -0.415. The minimum atomic E-state index is -3.73. The van der Waals surface area contributed by atoms with E-state index in [0.29, 0.717) is 12.3 Å². The first-order chi connectivity index (χ1) is 17.0. The summed E-state index contributed by atoms with van der Waals surface area (Å²) in [6.45, 7) is 7.85. The lowest BCUT2D eigenvalue weighted by Gasteiger charge is -2.17. The molecule has 2 N–H and O–H groups in total. The summed E-state index contributed by atoms with van der Waals surface area (Å²) in [5, 5.41) is 2.62. The van der Waals surface area contributed by atoms with E-state index in [2.05, 4.69) is 17.0 Å². The summed E-state index contributed by atoms with van der Waals surface area (Å²) >= 11 is 0. The van der Waals surface area contributed by atoms with E-state index in [9.17, 15) is 18.0 Å². The number of Topliss-reactive ketones (excluding diaryl/α,β-unsaturated/α-hetero) is 1. The van der Waals surface area contributed by atoms with E-state index >= 15 is 0 Å². The zero-order valence-corrected chi connectivity index (χ0v) is 23.9. The summed E-state index contributed by atoms with van der Waals surface area (Å²) in [7, 11) is -2.29. The second kappa shape index (κ2) is 16.7. The number of methoxy groups -OCH3 is 1. The fraction of sp³-hybridized carbons (Fsp3) is 0.714. The lowest BCUT2D eigenvalue weighted by atomic mass is 9.89. The van der Waals surface area contributed by atoms with Gasteiger partial charge in [0.15, 0.2) is 0 Å². The second-order valence-electron chi connectivity index (χ2n) is 10.5. The molecule has 0 fully saturated rings. The van der Waals surface area contributed by atoms with Gasteiger partial charge in [-0.25, -0.2) is 13.1 Å². The van der Waals surface area contributed by atoms with E-state index in [4.69, 9.17) is 4.74 Å². The molecule has 0 bridgehead atoms. The van der Waals surface area contributed by atoms with Crippen molar-refractivity contribution in [3.05, 3.63) is 18.2 Å². The summed E-state index contributed by atoms with van der Waals surface area (Å²) in [5.74, 6) is -0.384. The first-order valence-electron chi connectivity index (χ1n) is 13.5. The molecule has 0 aliphatic carbocycles. The molecule has 1 amide bonds. The van der Waals surface area contributed by atoms with Crippen LogP contribution in [-0.2, 0) is 19.6 Å². The molecule has 1 aromatic rings. The van der Waals surface area contributed by atoms with Gasteiger partial charge in [-0.1, -0.05) is 98.3 Å². The smallest absolute Gasteiger partial charge is 0.240 e. The Morgan fingerprint density at radius 3 is 1.89 bits per heavy atom. The highest BCUT2D eigenvalue weighted by molar-refractivity contribution is 7.89. The fourth-order valence-electron chi connectivity index (χ4n) is 3.81. The largest absolute Gasteiger partial charge is 0.495 e. The molecular weight excluding hydrogens is 476 g/mol. The van der Waals surface area contributed by atoms with Crippen molar-refractivity contribution in [2.75, 3.05) is 19.0 Å². The minimum absolute atomic E-state index is 0.0414. The van der Waals surface area contributed by atoms with E-state index < -0.39 is 21.3 Å². The third kappa shape index (κ3) is 12.9. The van der Waals surface area contributed by atoms with Gasteiger partial charge in [-0.15, -0.1) is 0 Å². The Labute approximate surface area is 219 Å². The van der Waals surface area contributed by atoms with Crippen LogP contribution in [0.25, 0.3) is 0 Å². The molecule has 0 atom stereocenters. The van der Waals surface area contributed by atoms with Crippen molar-refractivity contribution in [1.82, 2.24) is 4.72 Å². The molecule has 0 heterocycles. The van der Waals surface area contributed by atoms with Crippen LogP contribution in [0.15, 0.2) is 23.1 Å². The maximum atomic E-state index is 12.8. The number of hydrogen-bond donors (Lipinski definition) is 2. The third-order valence-electron chi connectivity index (χ3n) is 6.24. The molecule has 0 aromatic heterocycles. The van der Waals surface area contributed by atoms with Crippen molar-refractivity contribution >= 4 is 27.4 Å². The standard InChI is InChI=1S/C28H48N2O5S/c1-6-7-8-9-10-11-12-13-14-15-16-17-20-29-36(33,34)23-18-19-25(35-5)24(21-23)30-27(32)22-26(31)28(2,3)4/h18-19,21,29H,6-17,20,22H2,1-5H3,(H,30,32). The molecule has 1 rings (SSSR count). The van der Waals surface area contributed by atoms with Crippen LogP contribution in [-0.4, -0.2) is 33.8 Å². The van der Waals surface area contributed by atoms with E-state index in [1.54, 1.807) is 20.8 Å². The number of ether oxygens (including phenoxy) is 1. The number of unbranched alkanes of at least 4 members (excludes halogenated alkanes) is 11. The number of hydrogen-bond acceptors (Lipinski definition) is 5. The molecular formula is C28H48N2O5S. The summed E-state index contributed by atoms with van der Waals surface area (Å²) in [6, 6.07) is 4.31. The number of anilines is 1. The van der Waals surface area contributed by atoms with Gasteiger partial charge in [-0.3, -0.25) is 9.59 Å². The Morgan fingerprint density at radius 2 is 1.39 bits per heavy atom. The molecule has 0 unspecified atom stereocenters. The number of benzene rings is 1. The highest BCUT2D eigenvalue weighted by atomic mass is 32.2. The van der Waals surface area contributed by atoms with E-state index in [-0.39, 0.29) is 22.8 Å². The van der Waals surface area contributed by atoms with E-state index in [0.717, 1.165) is 19.3 Å². The predicted molar refractivity (Wildman–Crippen MR) is 147 cm³/mol. The van der Waals surface area contributed by atoms with Crippen LogP contribution in [0.2, 0.25) is 0 Å². The predicted octanol–water partition coefficient (Wildman–Crippen LogP) is 6.62. The van der Waals surface area contributed by atoms with Gasteiger partial charge < -0.3 is 10.1 Å². The fourth-order valence-corrected chi connectivity index (χ4v) is 4.91. The maximum absolute atomic E-state index is 12.8. The summed E-state index contributed by atoms with van der Waals surface area (Å²) < 4.78 is 33.4. The van der Waals surface area contributed by atoms with Crippen LogP contribution in [0.1, 0.15) is 111 Å². The van der Waals surface area contributed by atoms with Gasteiger partial charge >= 0.3 is 0 Å². The minimum Gasteiger partial charge on any atom is -0.495 e. The van der Waals surface area contributed by atoms with Crippen LogP contribution in [0.4, 0.5) is 5.69 Å². The van der Waals surface area contributed by atoms with Crippen LogP contribution < -0.4 is 14.8 Å². The first kappa shape index (κ1) is 32.1. The van der Waals surface area contributed by atoms with Crippen molar-refractivity contribution in [3.8, 4) is 5.75 Å². The normalized spacial score (nSPS) is 11.9. The lowest BCUT2D eigenvalue weighted by molar-refractivity contribution is -0.130. The van der Waals surface area contributed by atoms with Gasteiger partial charge in [0.05, 0.1) is 24.1 Å². The Balaban J connectivity index is 2.44. The highest BCUT2D eigenvalue weighted by Crippen LogP contribution is 2.28. The number of carbonyl (C=O) groups excluding carboxylic acids is 2. The molecule has 0 spiro atoms. The lowest BCUT2D eigenvalue weighted by Crippen LogP contribution is -2.27. The average molecular weight is 525 g/mol. The van der Waals surface area contributed by atoms with E-state index in [1.165, 1.54) is 83.1 Å². The molecule has 1 aromatic carbocycles.